The lowest BCUT2D eigenvalue weighted by Crippen LogP contribution is -2.19. The van der Waals surface area contributed by atoms with Crippen LogP contribution in [-0.4, -0.2) is 53.8 Å². The molecule has 1 aliphatic heterocycles. The molecule has 2 heterocycles. The van der Waals surface area contributed by atoms with Crippen LogP contribution in [0.5, 0.6) is 5.75 Å². The van der Waals surface area contributed by atoms with E-state index in [1.807, 2.05) is 0 Å². The van der Waals surface area contributed by atoms with E-state index in [9.17, 15) is 13.2 Å². The molecule has 2 aromatic rings. The van der Waals surface area contributed by atoms with E-state index in [4.69, 9.17) is 9.84 Å². The number of aromatic nitrogens is 2. The van der Waals surface area contributed by atoms with Crippen molar-refractivity contribution >= 4 is 11.8 Å². The zero-order valence-corrected chi connectivity index (χ0v) is 15.7. The molecule has 0 unspecified atom stereocenters. The Morgan fingerprint density at radius 1 is 1.21 bits per heavy atom. The van der Waals surface area contributed by atoms with Gasteiger partial charge in [-0.15, -0.1) is 13.2 Å². The zero-order chi connectivity index (χ0) is 20.7. The molecule has 0 amide bonds. The van der Waals surface area contributed by atoms with Crippen LogP contribution in [0.4, 0.5) is 24.9 Å². The summed E-state index contributed by atoms with van der Waals surface area (Å²) < 4.78 is 47.2. The Balaban J connectivity index is 1.82. The number of aliphatic hydroxyl groups is 1. The highest BCUT2D eigenvalue weighted by Gasteiger charge is 2.31. The van der Waals surface area contributed by atoms with Crippen molar-refractivity contribution in [3.8, 4) is 17.0 Å². The Labute approximate surface area is 166 Å². The second-order valence-electron chi connectivity index (χ2n) is 6.56. The molecule has 1 aliphatic rings. The highest BCUT2D eigenvalue weighted by molar-refractivity contribution is 5.65. The standard InChI is InChI=1S/C19H23F3N4O3/c20-19(21,22)29-14-5-1-4-13(10-14)16-11-17(24-12-15-6-2-9-28-15)26-18(25-16)23-7-3-8-27/h1,4-5,10-11,15,27H,2-3,6-9,12H2,(H2,23,24,25,26)/t15-/m1/s1. The molecule has 3 N–H and O–H groups in total. The summed E-state index contributed by atoms with van der Waals surface area (Å²) in [6.07, 6.45) is -2.18. The van der Waals surface area contributed by atoms with Gasteiger partial charge in [0.15, 0.2) is 0 Å². The molecular formula is C19H23F3N4O3. The number of halogens is 3. The van der Waals surface area contributed by atoms with Crippen LogP contribution in [0.3, 0.4) is 0 Å². The Bertz CT molecular complexity index is 799. The first-order valence-corrected chi connectivity index (χ1v) is 9.38. The maximum Gasteiger partial charge on any atom is 0.573 e. The first-order chi connectivity index (χ1) is 13.9. The van der Waals surface area contributed by atoms with Crippen LogP contribution >= 0.6 is 0 Å². The van der Waals surface area contributed by atoms with Gasteiger partial charge in [-0.05, 0) is 31.4 Å². The summed E-state index contributed by atoms with van der Waals surface area (Å²) in [4.78, 5) is 8.77. The number of rotatable bonds is 9. The van der Waals surface area contributed by atoms with Crippen LogP contribution in [0.1, 0.15) is 19.3 Å². The van der Waals surface area contributed by atoms with E-state index in [1.54, 1.807) is 12.1 Å². The number of ether oxygens (including phenoxy) is 2. The summed E-state index contributed by atoms with van der Waals surface area (Å²) >= 11 is 0. The Morgan fingerprint density at radius 3 is 2.79 bits per heavy atom. The fourth-order valence-corrected chi connectivity index (χ4v) is 2.92. The van der Waals surface area contributed by atoms with Gasteiger partial charge in [0.25, 0.3) is 0 Å². The quantitative estimate of drug-likeness (QED) is 0.544. The summed E-state index contributed by atoms with van der Waals surface area (Å²) in [6.45, 7) is 1.79. The Kier molecular flexibility index (Phi) is 7.10. The zero-order valence-electron chi connectivity index (χ0n) is 15.7. The van der Waals surface area contributed by atoms with Gasteiger partial charge in [0.2, 0.25) is 5.95 Å². The van der Waals surface area contributed by atoms with Crippen molar-refractivity contribution in [3.63, 3.8) is 0 Å². The molecule has 1 atom stereocenters. The molecule has 0 saturated carbocycles. The number of benzene rings is 1. The topological polar surface area (TPSA) is 88.5 Å². The van der Waals surface area contributed by atoms with Crippen molar-refractivity contribution in [2.75, 3.05) is 36.9 Å². The minimum atomic E-state index is -4.77. The van der Waals surface area contributed by atoms with Crippen LogP contribution in [0.2, 0.25) is 0 Å². The van der Waals surface area contributed by atoms with Crippen molar-refractivity contribution in [1.82, 2.24) is 9.97 Å². The molecule has 0 spiro atoms. The predicted octanol–water partition coefficient (Wildman–Crippen LogP) is 3.43. The van der Waals surface area contributed by atoms with Crippen LogP contribution in [0.25, 0.3) is 11.3 Å². The minimum Gasteiger partial charge on any atom is -0.406 e. The molecule has 10 heteroatoms. The van der Waals surface area contributed by atoms with E-state index < -0.39 is 6.36 Å². The van der Waals surface area contributed by atoms with Crippen molar-refractivity contribution < 1.29 is 27.8 Å². The average Bonchev–Trinajstić information content (AvgIpc) is 3.19. The van der Waals surface area contributed by atoms with Gasteiger partial charge in [0.05, 0.1) is 11.8 Å². The largest absolute Gasteiger partial charge is 0.573 e. The van der Waals surface area contributed by atoms with Gasteiger partial charge in [-0.3, -0.25) is 0 Å². The molecule has 29 heavy (non-hydrogen) atoms. The van der Waals surface area contributed by atoms with Crippen LogP contribution in [0.15, 0.2) is 30.3 Å². The van der Waals surface area contributed by atoms with Gasteiger partial charge in [0.1, 0.15) is 11.6 Å². The van der Waals surface area contributed by atoms with Gasteiger partial charge < -0.3 is 25.2 Å². The molecule has 7 nitrogen and oxygen atoms in total. The lowest BCUT2D eigenvalue weighted by molar-refractivity contribution is -0.274. The van der Waals surface area contributed by atoms with Crippen molar-refractivity contribution in [2.45, 2.75) is 31.7 Å². The molecule has 0 aliphatic carbocycles. The number of nitrogens with zero attached hydrogens (tertiary/aromatic N) is 2. The second kappa shape index (κ2) is 9.75. The van der Waals surface area contributed by atoms with Crippen molar-refractivity contribution in [3.05, 3.63) is 30.3 Å². The molecular weight excluding hydrogens is 389 g/mol. The number of aliphatic hydroxyl groups excluding tert-OH is 1. The maximum atomic E-state index is 12.5. The Hall–Kier alpha value is -2.59. The second-order valence-corrected chi connectivity index (χ2v) is 6.56. The van der Waals surface area contributed by atoms with Crippen LogP contribution < -0.4 is 15.4 Å². The molecule has 0 bridgehead atoms. The van der Waals surface area contributed by atoms with Gasteiger partial charge in [0, 0.05) is 37.9 Å². The summed E-state index contributed by atoms with van der Waals surface area (Å²) in [6, 6.07) is 7.29. The van der Waals surface area contributed by atoms with Gasteiger partial charge in [-0.25, -0.2) is 4.98 Å². The fraction of sp³-hybridized carbons (Fsp3) is 0.474. The highest BCUT2D eigenvalue weighted by atomic mass is 19.4. The van der Waals surface area contributed by atoms with Crippen LogP contribution in [0, 0.1) is 0 Å². The van der Waals surface area contributed by atoms with E-state index in [-0.39, 0.29) is 18.5 Å². The third kappa shape index (κ3) is 6.75. The molecule has 3 rings (SSSR count). The SMILES string of the molecule is OCCCNc1nc(NC[C@H]2CCCO2)cc(-c2cccc(OC(F)(F)F)c2)n1. The van der Waals surface area contributed by atoms with E-state index in [1.165, 1.54) is 18.2 Å². The van der Waals surface area contributed by atoms with Gasteiger partial charge in [-0.2, -0.15) is 4.98 Å². The predicted molar refractivity (Wildman–Crippen MR) is 102 cm³/mol. The first kappa shape index (κ1) is 21.1. The maximum absolute atomic E-state index is 12.5. The van der Waals surface area contributed by atoms with E-state index in [2.05, 4.69) is 25.3 Å². The summed E-state index contributed by atoms with van der Waals surface area (Å²) in [5.74, 6) is 0.518. The Morgan fingerprint density at radius 2 is 2.07 bits per heavy atom. The summed E-state index contributed by atoms with van der Waals surface area (Å²) in [5.41, 5.74) is 0.897. The smallest absolute Gasteiger partial charge is 0.406 e. The molecule has 0 radical (unpaired) electrons. The number of anilines is 2. The minimum absolute atomic E-state index is 0.0215. The average molecular weight is 412 g/mol. The molecule has 1 fully saturated rings. The molecule has 1 aromatic carbocycles. The van der Waals surface area contributed by atoms with Gasteiger partial charge >= 0.3 is 6.36 Å². The first-order valence-electron chi connectivity index (χ1n) is 9.38. The van der Waals surface area contributed by atoms with Crippen LogP contribution in [-0.2, 0) is 4.74 Å². The third-order valence-electron chi connectivity index (χ3n) is 4.24. The van der Waals surface area contributed by atoms with Crippen molar-refractivity contribution in [1.29, 1.82) is 0 Å². The van der Waals surface area contributed by atoms with E-state index in [0.29, 0.717) is 42.5 Å². The molecule has 1 saturated heterocycles. The number of nitrogens with one attached hydrogen (secondary N) is 2. The normalized spacial score (nSPS) is 16.6. The monoisotopic (exact) mass is 412 g/mol. The summed E-state index contributed by atoms with van der Waals surface area (Å²) in [7, 11) is 0. The molecule has 158 valence electrons. The molecule has 1 aromatic heterocycles. The number of hydrogen-bond donors (Lipinski definition) is 3. The van der Waals surface area contributed by atoms with Crippen molar-refractivity contribution in [2.24, 2.45) is 0 Å². The number of alkyl halides is 3. The van der Waals surface area contributed by atoms with E-state index >= 15 is 0 Å². The lowest BCUT2D eigenvalue weighted by atomic mass is 10.1. The van der Waals surface area contributed by atoms with E-state index in [0.717, 1.165) is 19.4 Å². The third-order valence-corrected chi connectivity index (χ3v) is 4.24. The van der Waals surface area contributed by atoms with Gasteiger partial charge in [-0.1, -0.05) is 12.1 Å². The summed E-state index contributed by atoms with van der Waals surface area (Å²) in [5, 5.41) is 15.2. The highest BCUT2D eigenvalue weighted by Crippen LogP contribution is 2.28. The lowest BCUT2D eigenvalue weighted by Gasteiger charge is -2.14. The number of hydrogen-bond acceptors (Lipinski definition) is 7. The fourth-order valence-electron chi connectivity index (χ4n) is 2.92.